The van der Waals surface area contributed by atoms with Crippen LogP contribution in [0.4, 0.5) is 0 Å². The normalized spacial score (nSPS) is 30.1. The number of methoxy groups -OCH3 is 1. The van der Waals surface area contributed by atoms with Gasteiger partial charge in [0.05, 0.1) is 19.3 Å². The predicted octanol–water partition coefficient (Wildman–Crippen LogP) is 0.866. The largest absolute Gasteiger partial charge is 0.388 e. The lowest BCUT2D eigenvalue weighted by atomic mass is 10.1. The van der Waals surface area contributed by atoms with Gasteiger partial charge in [0, 0.05) is 7.11 Å². The van der Waals surface area contributed by atoms with E-state index >= 15 is 0 Å². The summed E-state index contributed by atoms with van der Waals surface area (Å²) < 4.78 is 16.6. The van der Waals surface area contributed by atoms with Crippen LogP contribution >= 0.6 is 0 Å². The molecule has 0 bridgehead atoms. The summed E-state index contributed by atoms with van der Waals surface area (Å²) in [5, 5.41) is 10.3. The first-order valence-corrected chi connectivity index (χ1v) is 6.78. The van der Waals surface area contributed by atoms with Gasteiger partial charge in [-0.15, -0.1) is 0 Å². The maximum Gasteiger partial charge on any atom is 0.175 e. The summed E-state index contributed by atoms with van der Waals surface area (Å²) in [6.45, 7) is 0.859. The van der Waals surface area contributed by atoms with Crippen molar-refractivity contribution in [1.82, 2.24) is 4.90 Å². The maximum absolute atomic E-state index is 10.3. The molecular formula is C15H23NO4. The molecule has 112 valence electrons. The van der Waals surface area contributed by atoms with E-state index in [9.17, 15) is 5.11 Å². The molecule has 1 saturated heterocycles. The maximum atomic E-state index is 10.3. The van der Waals surface area contributed by atoms with Crippen LogP contribution in [0.1, 0.15) is 5.56 Å². The second kappa shape index (κ2) is 7.15. The highest BCUT2D eigenvalue weighted by atomic mass is 16.7. The summed E-state index contributed by atoms with van der Waals surface area (Å²) in [6.07, 6.45) is -1.41. The standard InChI is InChI=1S/C15H23NO4/c1-16(2)13-14(17)12(20-15(13)18-3)10-19-9-11-7-5-4-6-8-11/h4-8,12-15,17H,9-10H2,1-3H3/t12-,13+,14-,15+/m1/s1. The highest BCUT2D eigenvalue weighted by molar-refractivity contribution is 5.13. The molecule has 5 heteroatoms. The van der Waals surface area contributed by atoms with Crippen molar-refractivity contribution in [1.29, 1.82) is 0 Å². The van der Waals surface area contributed by atoms with E-state index in [0.29, 0.717) is 13.2 Å². The molecule has 1 N–H and O–H groups in total. The minimum atomic E-state index is -0.620. The minimum Gasteiger partial charge on any atom is -0.388 e. The fourth-order valence-electron chi connectivity index (χ4n) is 2.46. The van der Waals surface area contributed by atoms with E-state index in [0.717, 1.165) is 5.56 Å². The summed E-state index contributed by atoms with van der Waals surface area (Å²) in [5.41, 5.74) is 1.10. The molecule has 1 aliphatic rings. The fraction of sp³-hybridized carbons (Fsp3) is 0.600. The SMILES string of the molecule is CO[C@H]1O[C@H](COCc2ccccc2)[C@@H](O)[C@@H]1N(C)C. The number of rotatable bonds is 6. The molecule has 4 atom stereocenters. The van der Waals surface area contributed by atoms with Crippen molar-refractivity contribution in [2.24, 2.45) is 0 Å². The first kappa shape index (κ1) is 15.4. The van der Waals surface area contributed by atoms with Crippen LogP contribution in [0, 0.1) is 0 Å². The molecule has 1 aromatic carbocycles. The Labute approximate surface area is 120 Å². The molecule has 1 aliphatic heterocycles. The first-order chi connectivity index (χ1) is 9.63. The van der Waals surface area contributed by atoms with E-state index in [1.165, 1.54) is 0 Å². The molecule has 0 unspecified atom stereocenters. The second-order valence-electron chi connectivity index (χ2n) is 5.22. The Morgan fingerprint density at radius 1 is 1.25 bits per heavy atom. The molecule has 0 amide bonds. The number of likely N-dealkylation sites (N-methyl/N-ethyl adjacent to an activating group) is 1. The quantitative estimate of drug-likeness (QED) is 0.838. The molecule has 0 radical (unpaired) electrons. The molecular weight excluding hydrogens is 258 g/mol. The first-order valence-electron chi connectivity index (χ1n) is 6.78. The monoisotopic (exact) mass is 281 g/mol. The summed E-state index contributed by atoms with van der Waals surface area (Å²) in [4.78, 5) is 1.91. The predicted molar refractivity (Wildman–Crippen MR) is 75.2 cm³/mol. The van der Waals surface area contributed by atoms with Gasteiger partial charge in [0.25, 0.3) is 0 Å². The zero-order chi connectivity index (χ0) is 14.5. The number of hydrogen-bond donors (Lipinski definition) is 1. The molecule has 2 rings (SSSR count). The van der Waals surface area contributed by atoms with Crippen LogP contribution in [-0.4, -0.2) is 62.4 Å². The van der Waals surface area contributed by atoms with Gasteiger partial charge in [0.15, 0.2) is 6.29 Å². The number of ether oxygens (including phenoxy) is 3. The number of aliphatic hydroxyl groups excluding tert-OH is 1. The molecule has 0 spiro atoms. The average Bonchev–Trinajstić information content (AvgIpc) is 2.77. The molecule has 0 aromatic heterocycles. The van der Waals surface area contributed by atoms with Crippen LogP contribution in [-0.2, 0) is 20.8 Å². The van der Waals surface area contributed by atoms with Gasteiger partial charge in [-0.25, -0.2) is 0 Å². The van der Waals surface area contributed by atoms with Crippen molar-refractivity contribution >= 4 is 0 Å². The van der Waals surface area contributed by atoms with Crippen LogP contribution in [0.5, 0.6) is 0 Å². The molecule has 1 fully saturated rings. The van der Waals surface area contributed by atoms with Gasteiger partial charge < -0.3 is 19.3 Å². The molecule has 5 nitrogen and oxygen atoms in total. The summed E-state index contributed by atoms with van der Waals surface area (Å²) in [6, 6.07) is 9.76. The van der Waals surface area contributed by atoms with Gasteiger partial charge in [0.2, 0.25) is 0 Å². The Kier molecular flexibility index (Phi) is 5.51. The Hall–Kier alpha value is -0.980. The Balaban J connectivity index is 1.84. The molecule has 1 heterocycles. The third kappa shape index (κ3) is 3.56. The van der Waals surface area contributed by atoms with E-state index in [1.54, 1.807) is 7.11 Å². The smallest absolute Gasteiger partial charge is 0.175 e. The van der Waals surface area contributed by atoms with Gasteiger partial charge in [-0.3, -0.25) is 4.90 Å². The highest BCUT2D eigenvalue weighted by Crippen LogP contribution is 2.25. The fourth-order valence-corrected chi connectivity index (χ4v) is 2.46. The summed E-state index contributed by atoms with van der Waals surface area (Å²) in [7, 11) is 5.38. The molecule has 0 aliphatic carbocycles. The van der Waals surface area contributed by atoms with E-state index < -0.39 is 12.4 Å². The minimum absolute atomic E-state index is 0.176. The number of benzene rings is 1. The van der Waals surface area contributed by atoms with E-state index in [1.807, 2.05) is 49.3 Å². The van der Waals surface area contributed by atoms with Crippen LogP contribution < -0.4 is 0 Å². The Morgan fingerprint density at radius 3 is 2.50 bits per heavy atom. The zero-order valence-corrected chi connectivity index (χ0v) is 12.2. The van der Waals surface area contributed by atoms with Gasteiger partial charge >= 0.3 is 0 Å². The van der Waals surface area contributed by atoms with Gasteiger partial charge in [-0.2, -0.15) is 0 Å². The third-order valence-electron chi connectivity index (χ3n) is 3.54. The lowest BCUT2D eigenvalue weighted by Crippen LogP contribution is -2.45. The van der Waals surface area contributed by atoms with Crippen molar-refractivity contribution < 1.29 is 19.3 Å². The van der Waals surface area contributed by atoms with Crippen LogP contribution in [0.25, 0.3) is 0 Å². The zero-order valence-electron chi connectivity index (χ0n) is 12.2. The van der Waals surface area contributed by atoms with Gasteiger partial charge in [-0.1, -0.05) is 30.3 Å². The van der Waals surface area contributed by atoms with Gasteiger partial charge in [0.1, 0.15) is 12.2 Å². The number of nitrogens with zero attached hydrogens (tertiary/aromatic N) is 1. The lowest BCUT2D eigenvalue weighted by Gasteiger charge is -2.25. The topological polar surface area (TPSA) is 51.2 Å². The van der Waals surface area contributed by atoms with Crippen molar-refractivity contribution in [3.8, 4) is 0 Å². The number of hydrogen-bond acceptors (Lipinski definition) is 5. The van der Waals surface area contributed by atoms with Crippen molar-refractivity contribution in [2.75, 3.05) is 27.8 Å². The second-order valence-corrected chi connectivity index (χ2v) is 5.22. The van der Waals surface area contributed by atoms with E-state index in [2.05, 4.69) is 0 Å². The Morgan fingerprint density at radius 2 is 1.95 bits per heavy atom. The lowest BCUT2D eigenvalue weighted by molar-refractivity contribution is -0.145. The highest BCUT2D eigenvalue weighted by Gasteiger charge is 2.45. The molecule has 0 saturated carbocycles. The van der Waals surface area contributed by atoms with E-state index in [4.69, 9.17) is 14.2 Å². The van der Waals surface area contributed by atoms with Crippen LogP contribution in [0.2, 0.25) is 0 Å². The Bertz CT molecular complexity index is 398. The van der Waals surface area contributed by atoms with Crippen LogP contribution in [0.15, 0.2) is 30.3 Å². The van der Waals surface area contributed by atoms with Crippen LogP contribution in [0.3, 0.4) is 0 Å². The summed E-state index contributed by atoms with van der Waals surface area (Å²) in [5.74, 6) is 0. The van der Waals surface area contributed by atoms with Crippen molar-refractivity contribution in [2.45, 2.75) is 31.1 Å². The average molecular weight is 281 g/mol. The third-order valence-corrected chi connectivity index (χ3v) is 3.54. The summed E-state index contributed by atoms with van der Waals surface area (Å²) >= 11 is 0. The van der Waals surface area contributed by atoms with E-state index in [-0.39, 0.29) is 12.1 Å². The molecule has 1 aromatic rings. The van der Waals surface area contributed by atoms with Crippen molar-refractivity contribution in [3.05, 3.63) is 35.9 Å². The molecule has 20 heavy (non-hydrogen) atoms. The number of aliphatic hydroxyl groups is 1. The van der Waals surface area contributed by atoms with Gasteiger partial charge in [-0.05, 0) is 19.7 Å². The van der Waals surface area contributed by atoms with Crippen molar-refractivity contribution in [3.63, 3.8) is 0 Å².